The molecule has 3 N–H and O–H groups in total. The number of aliphatic carboxylic acids is 2. The summed E-state index contributed by atoms with van der Waals surface area (Å²) in [5.74, 6) is -2.06. The molecule has 1 aliphatic heterocycles. The molecule has 1 saturated heterocycles. The van der Waals surface area contributed by atoms with Crippen molar-refractivity contribution in [3.63, 3.8) is 0 Å². The molecular weight excluding hydrogens is 378 g/mol. The summed E-state index contributed by atoms with van der Waals surface area (Å²) in [5.41, 5.74) is 2.87. The summed E-state index contributed by atoms with van der Waals surface area (Å²) in [7, 11) is 1.71. The Morgan fingerprint density at radius 3 is 2.18 bits per heavy atom. The van der Waals surface area contributed by atoms with Crippen LogP contribution in [0.3, 0.4) is 0 Å². The van der Waals surface area contributed by atoms with Crippen molar-refractivity contribution < 1.29 is 24.5 Å². The molecule has 0 aliphatic carbocycles. The van der Waals surface area contributed by atoms with Gasteiger partial charge in [0.05, 0.1) is 7.11 Å². The monoisotopic (exact) mass is 403 g/mol. The van der Waals surface area contributed by atoms with Crippen LogP contribution in [0.4, 0.5) is 0 Å². The van der Waals surface area contributed by atoms with Crippen molar-refractivity contribution in [3.8, 4) is 5.75 Å². The van der Waals surface area contributed by atoms with Gasteiger partial charge >= 0.3 is 11.9 Å². The molecule has 0 amide bonds. The number of benzene rings is 2. The number of aryl methyl sites for hydroxylation is 1. The molecule has 2 aromatic carbocycles. The average molecular weight is 404 g/mol. The number of nitrogens with one attached hydrogen (secondary N) is 1. The van der Waals surface area contributed by atoms with Gasteiger partial charge < -0.3 is 20.3 Å². The molecule has 0 bridgehead atoms. The van der Waals surface area contributed by atoms with Crippen LogP contribution in [-0.2, 0) is 9.59 Å². The Morgan fingerprint density at radius 2 is 1.64 bits per heavy atom. The number of hydrogen-bond acceptors (Lipinski definition) is 5. The van der Waals surface area contributed by atoms with E-state index in [1.807, 2.05) is 23.9 Å². The van der Waals surface area contributed by atoms with E-state index in [2.05, 4.69) is 42.6 Å². The van der Waals surface area contributed by atoms with Crippen molar-refractivity contribution in [3.05, 3.63) is 53.6 Å². The summed E-state index contributed by atoms with van der Waals surface area (Å²) < 4.78 is 5.24. The first-order valence-electron chi connectivity index (χ1n) is 9.00. The van der Waals surface area contributed by atoms with Crippen LogP contribution in [-0.4, -0.2) is 42.4 Å². The summed E-state index contributed by atoms with van der Waals surface area (Å²) in [4.78, 5) is 20.9. The highest BCUT2D eigenvalue weighted by atomic mass is 32.2. The maximum absolute atomic E-state index is 9.10. The molecule has 0 spiro atoms. The Hall–Kier alpha value is -2.51. The lowest BCUT2D eigenvalue weighted by molar-refractivity contribution is -0.159. The van der Waals surface area contributed by atoms with Crippen LogP contribution < -0.4 is 10.1 Å². The normalized spacial score (nSPS) is 13.9. The molecule has 0 unspecified atom stereocenters. The number of ether oxygens (including phenoxy) is 1. The van der Waals surface area contributed by atoms with Crippen molar-refractivity contribution in [1.82, 2.24) is 5.32 Å². The Bertz CT molecular complexity index is 789. The number of piperidine rings is 1. The van der Waals surface area contributed by atoms with E-state index in [9.17, 15) is 0 Å². The molecule has 2 aromatic rings. The molecule has 3 rings (SSSR count). The van der Waals surface area contributed by atoms with Gasteiger partial charge in [-0.05, 0) is 74.7 Å². The van der Waals surface area contributed by atoms with E-state index in [1.165, 1.54) is 33.8 Å². The Labute approximate surface area is 168 Å². The summed E-state index contributed by atoms with van der Waals surface area (Å²) >= 11 is 1.86. The molecule has 0 aromatic heterocycles. The largest absolute Gasteiger partial charge is 0.497 e. The van der Waals surface area contributed by atoms with Crippen molar-refractivity contribution >= 4 is 23.7 Å². The number of carboxylic acids is 2. The van der Waals surface area contributed by atoms with E-state index in [1.54, 1.807) is 7.11 Å². The number of carboxylic acid groups (broad SMARTS) is 2. The van der Waals surface area contributed by atoms with Gasteiger partial charge in [-0.25, -0.2) is 9.59 Å². The molecule has 1 aliphatic rings. The van der Waals surface area contributed by atoms with Crippen LogP contribution >= 0.6 is 11.8 Å². The molecule has 6 nitrogen and oxygen atoms in total. The second kappa shape index (κ2) is 10.7. The Kier molecular flexibility index (Phi) is 8.35. The standard InChI is InChI=1S/C19H23NOS.C2H2O4/c1-14-3-8-19(18(13-14)15-9-11-20-12-10-15)22-17-6-4-16(21-2)5-7-17;3-1(4)2(5)6/h3-8,13,15,20H,9-12H2,1-2H3;(H,3,4)(H,5,6). The maximum Gasteiger partial charge on any atom is 0.414 e. The Morgan fingerprint density at radius 1 is 1.04 bits per heavy atom. The fourth-order valence-electron chi connectivity index (χ4n) is 2.98. The third-order valence-electron chi connectivity index (χ3n) is 4.41. The lowest BCUT2D eigenvalue weighted by atomic mass is 9.89. The van der Waals surface area contributed by atoms with E-state index in [0.717, 1.165) is 18.8 Å². The van der Waals surface area contributed by atoms with Gasteiger partial charge in [0, 0.05) is 9.79 Å². The predicted octanol–water partition coefficient (Wildman–Crippen LogP) is 3.78. The molecule has 1 fully saturated rings. The zero-order chi connectivity index (χ0) is 20.5. The van der Waals surface area contributed by atoms with E-state index in [-0.39, 0.29) is 0 Å². The second-order valence-electron chi connectivity index (χ2n) is 6.45. The van der Waals surface area contributed by atoms with Gasteiger partial charge in [-0.1, -0.05) is 29.5 Å². The van der Waals surface area contributed by atoms with Crippen LogP contribution in [0.15, 0.2) is 52.3 Å². The van der Waals surface area contributed by atoms with Gasteiger partial charge in [0.1, 0.15) is 5.75 Å². The summed E-state index contributed by atoms with van der Waals surface area (Å²) in [6, 6.07) is 15.2. The van der Waals surface area contributed by atoms with Gasteiger partial charge in [-0.15, -0.1) is 0 Å². The Balaban J connectivity index is 0.000000409. The molecule has 7 heteroatoms. The van der Waals surface area contributed by atoms with Crippen LogP contribution in [0.25, 0.3) is 0 Å². The van der Waals surface area contributed by atoms with Gasteiger partial charge in [0.25, 0.3) is 0 Å². The zero-order valence-electron chi connectivity index (χ0n) is 16.0. The molecule has 1 heterocycles. The van der Waals surface area contributed by atoms with Crippen molar-refractivity contribution in [2.45, 2.75) is 35.5 Å². The zero-order valence-corrected chi connectivity index (χ0v) is 16.8. The highest BCUT2D eigenvalue weighted by Gasteiger charge is 2.19. The topological polar surface area (TPSA) is 95.9 Å². The minimum Gasteiger partial charge on any atom is -0.497 e. The second-order valence-corrected chi connectivity index (χ2v) is 7.57. The highest BCUT2D eigenvalue weighted by molar-refractivity contribution is 7.99. The first-order valence-corrected chi connectivity index (χ1v) is 9.81. The summed E-state index contributed by atoms with van der Waals surface area (Å²) in [6.07, 6.45) is 2.47. The fourth-order valence-corrected chi connectivity index (χ4v) is 3.99. The lowest BCUT2D eigenvalue weighted by Gasteiger charge is -2.25. The lowest BCUT2D eigenvalue weighted by Crippen LogP contribution is -2.26. The van der Waals surface area contributed by atoms with Gasteiger partial charge in [0.2, 0.25) is 0 Å². The minimum absolute atomic E-state index is 0.682. The molecule has 0 saturated carbocycles. The van der Waals surface area contributed by atoms with Crippen molar-refractivity contribution in [1.29, 1.82) is 0 Å². The van der Waals surface area contributed by atoms with Gasteiger partial charge in [0.15, 0.2) is 0 Å². The van der Waals surface area contributed by atoms with Crippen LogP contribution in [0.2, 0.25) is 0 Å². The van der Waals surface area contributed by atoms with Crippen LogP contribution in [0.5, 0.6) is 5.75 Å². The van der Waals surface area contributed by atoms with E-state index >= 15 is 0 Å². The minimum atomic E-state index is -1.82. The number of methoxy groups -OCH3 is 1. The third kappa shape index (κ3) is 6.58. The smallest absolute Gasteiger partial charge is 0.414 e. The van der Waals surface area contributed by atoms with Crippen molar-refractivity contribution in [2.75, 3.05) is 20.2 Å². The number of hydrogen-bond donors (Lipinski definition) is 3. The van der Waals surface area contributed by atoms with E-state index in [4.69, 9.17) is 24.5 Å². The maximum atomic E-state index is 9.10. The van der Waals surface area contributed by atoms with Crippen molar-refractivity contribution in [2.24, 2.45) is 0 Å². The van der Waals surface area contributed by atoms with Gasteiger partial charge in [-0.3, -0.25) is 0 Å². The fraction of sp³-hybridized carbons (Fsp3) is 0.333. The SMILES string of the molecule is COc1ccc(Sc2ccc(C)cc2C2CCNCC2)cc1.O=C(O)C(=O)O. The first kappa shape index (κ1) is 21.8. The molecule has 28 heavy (non-hydrogen) atoms. The van der Waals surface area contributed by atoms with Crippen LogP contribution in [0.1, 0.15) is 29.9 Å². The number of rotatable bonds is 4. The first-order chi connectivity index (χ1) is 13.4. The number of carbonyl (C=O) groups is 2. The molecule has 0 radical (unpaired) electrons. The summed E-state index contributed by atoms with van der Waals surface area (Å²) in [5, 5.41) is 18.2. The third-order valence-corrected chi connectivity index (χ3v) is 5.51. The summed E-state index contributed by atoms with van der Waals surface area (Å²) in [6.45, 7) is 4.45. The molecule has 150 valence electrons. The molecule has 0 atom stereocenters. The predicted molar refractivity (Wildman–Crippen MR) is 108 cm³/mol. The van der Waals surface area contributed by atoms with E-state index in [0.29, 0.717) is 5.92 Å². The quantitative estimate of drug-likeness (QED) is 0.669. The average Bonchev–Trinajstić information content (AvgIpc) is 2.71. The van der Waals surface area contributed by atoms with Crippen LogP contribution in [0, 0.1) is 6.92 Å². The highest BCUT2D eigenvalue weighted by Crippen LogP contribution is 2.38. The van der Waals surface area contributed by atoms with E-state index < -0.39 is 11.9 Å². The van der Waals surface area contributed by atoms with Gasteiger partial charge in [-0.2, -0.15) is 0 Å². The molecular formula is C21H25NO5S.